The molecule has 0 spiro atoms. The number of nitrogens with zero attached hydrogens (tertiary/aromatic N) is 2. The number of anilines is 1. The van der Waals surface area contributed by atoms with E-state index in [9.17, 15) is 14.9 Å². The monoisotopic (exact) mass is 282 g/mol. The molecule has 0 saturated heterocycles. The Balaban J connectivity index is 3.16. The summed E-state index contributed by atoms with van der Waals surface area (Å²) in [5.74, 6) is -0.740. The Bertz CT molecular complexity index is 490. The molecule has 7 heteroatoms. The van der Waals surface area contributed by atoms with Gasteiger partial charge < -0.3 is 14.7 Å². The molecule has 0 bridgehead atoms. The maximum atomic E-state index is 11.3. The second-order valence-electron chi connectivity index (χ2n) is 4.04. The highest BCUT2D eigenvalue weighted by Crippen LogP contribution is 2.37. The first-order valence-electron chi connectivity index (χ1n) is 6.38. The Kier molecular flexibility index (Phi) is 5.76. The van der Waals surface area contributed by atoms with Crippen molar-refractivity contribution in [3.8, 4) is 5.75 Å². The highest BCUT2D eigenvalue weighted by Gasteiger charge is 2.24. The normalized spacial score (nSPS) is 10.1. The molecule has 0 fully saturated rings. The van der Waals surface area contributed by atoms with Gasteiger partial charge in [-0.3, -0.25) is 14.9 Å². The molecule has 0 aromatic heterocycles. The van der Waals surface area contributed by atoms with Crippen molar-refractivity contribution in [3.05, 3.63) is 28.3 Å². The van der Waals surface area contributed by atoms with Gasteiger partial charge in [-0.1, -0.05) is 6.07 Å². The average Bonchev–Trinajstić information content (AvgIpc) is 2.39. The third kappa shape index (κ3) is 3.84. The minimum Gasteiger partial charge on any atom is -0.487 e. The maximum absolute atomic E-state index is 11.3. The smallest absolute Gasteiger partial charge is 0.333 e. The lowest BCUT2D eigenvalue weighted by atomic mass is 10.2. The van der Waals surface area contributed by atoms with Crippen molar-refractivity contribution in [2.24, 2.45) is 0 Å². The number of rotatable bonds is 8. The summed E-state index contributed by atoms with van der Waals surface area (Å²) in [6.45, 7) is 4.58. The zero-order valence-electron chi connectivity index (χ0n) is 11.5. The lowest BCUT2D eigenvalue weighted by Crippen LogP contribution is -2.26. The minimum atomic E-state index is -0.938. The molecule has 0 atom stereocenters. The van der Waals surface area contributed by atoms with Gasteiger partial charge >= 0.3 is 11.7 Å². The van der Waals surface area contributed by atoms with Crippen molar-refractivity contribution in [3.63, 3.8) is 0 Å². The van der Waals surface area contributed by atoms with Crippen molar-refractivity contribution in [1.82, 2.24) is 0 Å². The maximum Gasteiger partial charge on any atom is 0.333 e. The third-order valence-corrected chi connectivity index (χ3v) is 2.78. The van der Waals surface area contributed by atoms with Gasteiger partial charge in [0, 0.05) is 13.1 Å². The molecule has 20 heavy (non-hydrogen) atoms. The first-order chi connectivity index (χ1) is 9.51. The number of ether oxygens (including phenoxy) is 1. The summed E-state index contributed by atoms with van der Waals surface area (Å²) in [5.41, 5.74) is 0.256. The second kappa shape index (κ2) is 7.32. The molecule has 0 heterocycles. The van der Waals surface area contributed by atoms with Crippen LogP contribution in [0, 0.1) is 10.1 Å². The molecule has 0 amide bonds. The summed E-state index contributed by atoms with van der Waals surface area (Å²) >= 11 is 0. The molecule has 1 aromatic rings. The minimum absolute atomic E-state index is 0.0795. The van der Waals surface area contributed by atoms with Crippen LogP contribution in [0.2, 0.25) is 0 Å². The SMILES string of the molecule is CCOc1cccc(N(CC)CCC(=O)O)c1[N+](=O)[O-]. The van der Waals surface area contributed by atoms with Crippen molar-refractivity contribution >= 4 is 17.3 Å². The molecule has 0 aliphatic heterocycles. The number of carboxylic acid groups (broad SMARTS) is 1. The molecular weight excluding hydrogens is 264 g/mol. The second-order valence-corrected chi connectivity index (χ2v) is 4.04. The van der Waals surface area contributed by atoms with E-state index in [4.69, 9.17) is 9.84 Å². The number of hydrogen-bond donors (Lipinski definition) is 1. The first-order valence-corrected chi connectivity index (χ1v) is 6.38. The van der Waals surface area contributed by atoms with Crippen LogP contribution in [0.1, 0.15) is 20.3 Å². The Hall–Kier alpha value is -2.31. The lowest BCUT2D eigenvalue weighted by Gasteiger charge is -2.22. The third-order valence-electron chi connectivity index (χ3n) is 2.78. The molecule has 7 nitrogen and oxygen atoms in total. The molecule has 1 aromatic carbocycles. The molecular formula is C13H18N2O5. The van der Waals surface area contributed by atoms with Gasteiger partial charge in [-0.05, 0) is 26.0 Å². The van der Waals surface area contributed by atoms with Crippen LogP contribution in [0.15, 0.2) is 18.2 Å². The molecule has 0 radical (unpaired) electrons. The lowest BCUT2D eigenvalue weighted by molar-refractivity contribution is -0.385. The predicted octanol–water partition coefficient (Wildman–Crippen LogP) is 2.29. The van der Waals surface area contributed by atoms with Crippen LogP contribution in [-0.4, -0.2) is 35.7 Å². The van der Waals surface area contributed by atoms with Crippen LogP contribution in [0.3, 0.4) is 0 Å². The van der Waals surface area contributed by atoms with Gasteiger partial charge in [0.15, 0.2) is 5.75 Å². The molecule has 1 rings (SSSR count). The van der Waals surface area contributed by atoms with E-state index in [2.05, 4.69) is 0 Å². The fourth-order valence-corrected chi connectivity index (χ4v) is 1.90. The number of hydrogen-bond acceptors (Lipinski definition) is 5. The highest BCUT2D eigenvalue weighted by atomic mass is 16.6. The van der Waals surface area contributed by atoms with Gasteiger partial charge in [0.2, 0.25) is 0 Å². The number of para-hydroxylation sites is 1. The number of nitro groups is 1. The molecule has 110 valence electrons. The zero-order valence-corrected chi connectivity index (χ0v) is 11.5. The Morgan fingerprint density at radius 3 is 2.65 bits per heavy atom. The van der Waals surface area contributed by atoms with Gasteiger partial charge in [-0.15, -0.1) is 0 Å². The van der Waals surface area contributed by atoms with E-state index in [0.29, 0.717) is 18.8 Å². The summed E-state index contributed by atoms with van der Waals surface area (Å²) in [7, 11) is 0. The summed E-state index contributed by atoms with van der Waals surface area (Å²) in [5, 5.41) is 20.0. The van der Waals surface area contributed by atoms with Gasteiger partial charge in [0.1, 0.15) is 5.69 Å². The zero-order chi connectivity index (χ0) is 15.1. The Morgan fingerprint density at radius 1 is 1.45 bits per heavy atom. The molecule has 0 unspecified atom stereocenters. The van der Waals surface area contributed by atoms with E-state index in [1.165, 1.54) is 6.07 Å². The molecule has 1 N–H and O–H groups in total. The Morgan fingerprint density at radius 2 is 2.15 bits per heavy atom. The van der Waals surface area contributed by atoms with E-state index in [0.717, 1.165) is 0 Å². The van der Waals surface area contributed by atoms with Crippen LogP contribution >= 0.6 is 0 Å². The Labute approximate surface area is 116 Å². The number of nitro benzene ring substituents is 1. The molecule has 0 saturated carbocycles. The van der Waals surface area contributed by atoms with Crippen LogP contribution in [0.5, 0.6) is 5.75 Å². The topological polar surface area (TPSA) is 92.9 Å². The van der Waals surface area contributed by atoms with Crippen molar-refractivity contribution in [2.75, 3.05) is 24.6 Å². The number of aliphatic carboxylic acids is 1. The number of carboxylic acids is 1. The van der Waals surface area contributed by atoms with Gasteiger partial charge in [-0.25, -0.2) is 0 Å². The molecule has 0 aliphatic rings. The number of benzene rings is 1. The summed E-state index contributed by atoms with van der Waals surface area (Å²) in [6, 6.07) is 4.80. The highest BCUT2D eigenvalue weighted by molar-refractivity contribution is 5.71. The van der Waals surface area contributed by atoms with Gasteiger partial charge in [0.05, 0.1) is 18.0 Å². The quantitative estimate of drug-likeness (QED) is 0.581. The first kappa shape index (κ1) is 15.7. The van der Waals surface area contributed by atoms with Crippen LogP contribution in [0.4, 0.5) is 11.4 Å². The molecule has 0 aliphatic carbocycles. The average molecular weight is 282 g/mol. The van der Waals surface area contributed by atoms with E-state index in [-0.39, 0.29) is 24.4 Å². The fraction of sp³-hybridized carbons (Fsp3) is 0.462. The van der Waals surface area contributed by atoms with E-state index in [1.807, 2.05) is 6.92 Å². The van der Waals surface area contributed by atoms with Crippen LogP contribution in [0.25, 0.3) is 0 Å². The summed E-state index contributed by atoms with van der Waals surface area (Å²) in [4.78, 5) is 23.1. The van der Waals surface area contributed by atoms with E-state index < -0.39 is 10.9 Å². The number of carbonyl (C=O) groups is 1. The predicted molar refractivity (Wildman–Crippen MR) is 74.4 cm³/mol. The largest absolute Gasteiger partial charge is 0.487 e. The van der Waals surface area contributed by atoms with E-state index >= 15 is 0 Å². The van der Waals surface area contributed by atoms with E-state index in [1.54, 1.807) is 24.0 Å². The van der Waals surface area contributed by atoms with Crippen LogP contribution in [-0.2, 0) is 4.79 Å². The standard InChI is InChI=1S/C13H18N2O5/c1-3-14(9-8-12(16)17)10-6-5-7-11(20-4-2)13(10)15(18)19/h5-7H,3-4,8-9H2,1-2H3,(H,16,17). The fourth-order valence-electron chi connectivity index (χ4n) is 1.90. The van der Waals surface area contributed by atoms with Crippen molar-refractivity contribution < 1.29 is 19.6 Å². The summed E-state index contributed by atoms with van der Waals surface area (Å²) in [6.07, 6.45) is -0.0795. The summed E-state index contributed by atoms with van der Waals surface area (Å²) < 4.78 is 5.27. The van der Waals surface area contributed by atoms with Crippen molar-refractivity contribution in [1.29, 1.82) is 0 Å². The van der Waals surface area contributed by atoms with Gasteiger partial charge in [-0.2, -0.15) is 0 Å². The van der Waals surface area contributed by atoms with Gasteiger partial charge in [0.25, 0.3) is 0 Å². The van der Waals surface area contributed by atoms with Crippen LogP contribution < -0.4 is 9.64 Å². The van der Waals surface area contributed by atoms with Crippen molar-refractivity contribution in [2.45, 2.75) is 20.3 Å².